The Labute approximate surface area is 76.7 Å². The normalized spacial score (nSPS) is 12.5. The molecule has 11 heavy (non-hydrogen) atoms. The van der Waals surface area contributed by atoms with E-state index < -0.39 is 0 Å². The molecule has 0 aromatic rings. The van der Waals surface area contributed by atoms with Crippen LogP contribution in [0.15, 0.2) is 10.9 Å². The summed E-state index contributed by atoms with van der Waals surface area (Å²) in [6, 6.07) is 0. The molecule has 0 atom stereocenters. The maximum absolute atomic E-state index is 5.25. The van der Waals surface area contributed by atoms with Crippen LogP contribution < -0.4 is 0 Å². The van der Waals surface area contributed by atoms with Gasteiger partial charge in [-0.3, -0.25) is 0 Å². The standard InChI is InChI=1S/C8H15BrO2/c1-6(2)10-5-8(9)11-7(3)4/h5-7H,1-4H3/b8-5+. The van der Waals surface area contributed by atoms with Gasteiger partial charge in [0.2, 0.25) is 0 Å². The lowest BCUT2D eigenvalue weighted by molar-refractivity contribution is 0.133. The molecule has 0 aliphatic carbocycles. The first kappa shape index (κ1) is 10.8. The van der Waals surface area contributed by atoms with E-state index in [-0.39, 0.29) is 12.2 Å². The van der Waals surface area contributed by atoms with Gasteiger partial charge < -0.3 is 9.47 Å². The smallest absolute Gasteiger partial charge is 0.197 e. The second-order valence-electron chi connectivity index (χ2n) is 2.77. The predicted octanol–water partition coefficient (Wildman–Crippen LogP) is 3.03. The van der Waals surface area contributed by atoms with E-state index in [1.54, 1.807) is 6.26 Å². The van der Waals surface area contributed by atoms with Crippen LogP contribution in [0.25, 0.3) is 0 Å². The molecule has 0 amide bonds. The Morgan fingerprint density at radius 3 is 2.09 bits per heavy atom. The Morgan fingerprint density at radius 1 is 1.18 bits per heavy atom. The van der Waals surface area contributed by atoms with E-state index in [1.807, 2.05) is 27.7 Å². The third kappa shape index (κ3) is 7.72. The average molecular weight is 223 g/mol. The highest BCUT2D eigenvalue weighted by molar-refractivity contribution is 9.11. The van der Waals surface area contributed by atoms with Crippen LogP contribution >= 0.6 is 15.9 Å². The van der Waals surface area contributed by atoms with E-state index in [1.165, 1.54) is 0 Å². The van der Waals surface area contributed by atoms with Crippen molar-refractivity contribution in [3.63, 3.8) is 0 Å². The van der Waals surface area contributed by atoms with Crippen LogP contribution in [0.5, 0.6) is 0 Å². The molecule has 0 rings (SSSR count). The van der Waals surface area contributed by atoms with Gasteiger partial charge in [-0.05, 0) is 43.6 Å². The maximum atomic E-state index is 5.25. The van der Waals surface area contributed by atoms with E-state index in [4.69, 9.17) is 9.47 Å². The molecule has 0 aromatic carbocycles. The van der Waals surface area contributed by atoms with Gasteiger partial charge in [-0.15, -0.1) is 0 Å². The van der Waals surface area contributed by atoms with Crippen molar-refractivity contribution >= 4 is 15.9 Å². The molecule has 0 N–H and O–H groups in total. The van der Waals surface area contributed by atoms with Crippen molar-refractivity contribution in [3.8, 4) is 0 Å². The van der Waals surface area contributed by atoms with Gasteiger partial charge in [0.15, 0.2) is 4.67 Å². The summed E-state index contributed by atoms with van der Waals surface area (Å²) in [5.41, 5.74) is 0. The summed E-state index contributed by atoms with van der Waals surface area (Å²) in [7, 11) is 0. The number of halogens is 1. The minimum Gasteiger partial charge on any atom is -0.494 e. The molecule has 0 aliphatic heterocycles. The van der Waals surface area contributed by atoms with Crippen LogP contribution in [0.4, 0.5) is 0 Å². The van der Waals surface area contributed by atoms with Crippen LogP contribution in [0, 0.1) is 0 Å². The van der Waals surface area contributed by atoms with Gasteiger partial charge in [0, 0.05) is 0 Å². The summed E-state index contributed by atoms with van der Waals surface area (Å²) in [6.07, 6.45) is 1.94. The minimum atomic E-state index is 0.177. The zero-order valence-corrected chi connectivity index (χ0v) is 9.01. The van der Waals surface area contributed by atoms with E-state index in [2.05, 4.69) is 15.9 Å². The van der Waals surface area contributed by atoms with Crippen molar-refractivity contribution in [3.05, 3.63) is 10.9 Å². The lowest BCUT2D eigenvalue weighted by Crippen LogP contribution is -2.01. The van der Waals surface area contributed by atoms with Gasteiger partial charge in [-0.25, -0.2) is 0 Å². The molecule has 3 heteroatoms. The van der Waals surface area contributed by atoms with Gasteiger partial charge in [0.1, 0.15) is 6.26 Å². The molecule has 0 saturated heterocycles. The quantitative estimate of drug-likeness (QED) is 0.682. The third-order valence-corrected chi connectivity index (χ3v) is 1.15. The molecule has 0 heterocycles. The minimum absolute atomic E-state index is 0.177. The number of hydrogen-bond acceptors (Lipinski definition) is 2. The van der Waals surface area contributed by atoms with Crippen LogP contribution in [0.3, 0.4) is 0 Å². The fourth-order valence-electron chi connectivity index (χ4n) is 0.443. The monoisotopic (exact) mass is 222 g/mol. The summed E-state index contributed by atoms with van der Waals surface area (Å²) >= 11 is 3.22. The molecule has 0 aliphatic rings. The molecule has 0 unspecified atom stereocenters. The van der Waals surface area contributed by atoms with Gasteiger partial charge in [-0.1, -0.05) is 0 Å². The van der Waals surface area contributed by atoms with E-state index >= 15 is 0 Å². The van der Waals surface area contributed by atoms with Gasteiger partial charge in [0.25, 0.3) is 0 Å². The molecule has 0 saturated carbocycles. The molecular formula is C8H15BrO2. The number of hydrogen-bond donors (Lipinski definition) is 0. The SMILES string of the molecule is CC(C)O/C=C(\Br)OC(C)C. The van der Waals surface area contributed by atoms with E-state index in [0.29, 0.717) is 4.67 Å². The maximum Gasteiger partial charge on any atom is 0.197 e. The fraction of sp³-hybridized carbons (Fsp3) is 0.750. The Hall–Kier alpha value is -0.180. The Kier molecular flexibility index (Phi) is 5.38. The summed E-state index contributed by atoms with van der Waals surface area (Å²) in [5.74, 6) is 0. The lowest BCUT2D eigenvalue weighted by atomic mass is 10.5. The molecule has 0 bridgehead atoms. The van der Waals surface area contributed by atoms with Crippen LogP contribution in [0.1, 0.15) is 27.7 Å². The van der Waals surface area contributed by atoms with Crippen molar-refractivity contribution < 1.29 is 9.47 Å². The highest BCUT2D eigenvalue weighted by Gasteiger charge is 1.97. The molecule has 0 fully saturated rings. The molecular weight excluding hydrogens is 208 g/mol. The Balaban J connectivity index is 3.63. The van der Waals surface area contributed by atoms with Gasteiger partial charge >= 0.3 is 0 Å². The van der Waals surface area contributed by atoms with Crippen LogP contribution in [-0.2, 0) is 9.47 Å². The predicted molar refractivity (Wildman–Crippen MR) is 49.5 cm³/mol. The average Bonchev–Trinajstić information content (AvgIpc) is 1.82. The van der Waals surface area contributed by atoms with E-state index in [0.717, 1.165) is 0 Å². The van der Waals surface area contributed by atoms with Gasteiger partial charge in [-0.2, -0.15) is 0 Å². The summed E-state index contributed by atoms with van der Waals surface area (Å²) < 4.78 is 11.1. The second-order valence-corrected chi connectivity index (χ2v) is 3.55. The second kappa shape index (κ2) is 5.47. The highest BCUT2D eigenvalue weighted by Crippen LogP contribution is 2.10. The molecule has 0 aromatic heterocycles. The van der Waals surface area contributed by atoms with Crippen LogP contribution in [-0.4, -0.2) is 12.2 Å². The number of rotatable bonds is 4. The summed E-state index contributed by atoms with van der Waals surface area (Å²) in [4.78, 5) is 0. The largest absolute Gasteiger partial charge is 0.494 e. The zero-order valence-electron chi connectivity index (χ0n) is 7.43. The number of ether oxygens (including phenoxy) is 2. The van der Waals surface area contributed by atoms with E-state index in [9.17, 15) is 0 Å². The molecule has 0 radical (unpaired) electrons. The summed E-state index contributed by atoms with van der Waals surface area (Å²) in [5, 5.41) is 0. The molecule has 66 valence electrons. The first-order valence-electron chi connectivity index (χ1n) is 3.70. The molecule has 0 spiro atoms. The third-order valence-electron chi connectivity index (χ3n) is 0.781. The van der Waals surface area contributed by atoms with Crippen molar-refractivity contribution in [2.24, 2.45) is 0 Å². The summed E-state index contributed by atoms with van der Waals surface area (Å²) in [6.45, 7) is 7.85. The zero-order chi connectivity index (χ0) is 8.85. The first-order chi connectivity index (χ1) is 5.02. The highest BCUT2D eigenvalue weighted by atomic mass is 79.9. The van der Waals surface area contributed by atoms with Crippen molar-refractivity contribution in [2.45, 2.75) is 39.9 Å². The van der Waals surface area contributed by atoms with Crippen molar-refractivity contribution in [1.82, 2.24) is 0 Å². The molecule has 2 nitrogen and oxygen atoms in total. The van der Waals surface area contributed by atoms with Crippen LogP contribution in [0.2, 0.25) is 0 Å². The fourth-order valence-corrected chi connectivity index (χ4v) is 0.924. The van der Waals surface area contributed by atoms with Crippen molar-refractivity contribution in [2.75, 3.05) is 0 Å². The Morgan fingerprint density at radius 2 is 1.73 bits per heavy atom. The topological polar surface area (TPSA) is 18.5 Å². The first-order valence-corrected chi connectivity index (χ1v) is 4.49. The lowest BCUT2D eigenvalue weighted by Gasteiger charge is -2.09. The van der Waals surface area contributed by atoms with Crippen molar-refractivity contribution in [1.29, 1.82) is 0 Å². The Bertz CT molecular complexity index is 130. The van der Waals surface area contributed by atoms with Gasteiger partial charge in [0.05, 0.1) is 12.2 Å².